The molecule has 8 rings (SSSR count). The smallest absolute Gasteiger partial charge is 0.329 e. The molecule has 1 unspecified atom stereocenters. The third-order valence-electron chi connectivity index (χ3n) is 11.6. The van der Waals surface area contributed by atoms with Crippen molar-refractivity contribution in [1.29, 1.82) is 0 Å². The van der Waals surface area contributed by atoms with Crippen LogP contribution >= 0.6 is 0 Å². The van der Waals surface area contributed by atoms with Crippen LogP contribution in [0.4, 0.5) is 24.5 Å². The maximum atomic E-state index is 15.4. The van der Waals surface area contributed by atoms with Crippen LogP contribution in [0, 0.1) is 11.7 Å². The molecular weight excluding hydrogens is 719 g/mol. The molecule has 18 heteroatoms. The topological polar surface area (TPSA) is 157 Å². The minimum Gasteiger partial charge on any atom is -0.370 e. The largest absolute Gasteiger partial charge is 0.370 e. The van der Waals surface area contributed by atoms with Crippen molar-refractivity contribution < 1.29 is 27.6 Å². The van der Waals surface area contributed by atoms with Crippen LogP contribution in [-0.4, -0.2) is 88.9 Å². The molecule has 3 amide bonds. The number of benzene rings is 1. The van der Waals surface area contributed by atoms with Crippen LogP contribution in [0.3, 0.4) is 0 Å². The van der Waals surface area contributed by atoms with E-state index < -0.39 is 47.4 Å². The van der Waals surface area contributed by atoms with E-state index in [4.69, 9.17) is 0 Å². The second-order valence-electron chi connectivity index (χ2n) is 14.9. The Balaban J connectivity index is 0.878. The highest BCUT2D eigenvalue weighted by Gasteiger charge is 2.35. The molecule has 15 nitrogen and oxygen atoms in total. The van der Waals surface area contributed by atoms with Crippen molar-refractivity contribution in [3.8, 4) is 0 Å². The zero-order valence-corrected chi connectivity index (χ0v) is 30.5. The zero-order valence-electron chi connectivity index (χ0n) is 30.5. The van der Waals surface area contributed by atoms with E-state index in [0.29, 0.717) is 36.2 Å². The predicted octanol–water partition coefficient (Wildman–Crippen LogP) is 4.22. The first-order valence-electron chi connectivity index (χ1n) is 18.6. The van der Waals surface area contributed by atoms with E-state index >= 15 is 4.39 Å². The van der Waals surface area contributed by atoms with E-state index in [1.54, 1.807) is 30.1 Å². The van der Waals surface area contributed by atoms with Crippen molar-refractivity contribution in [2.24, 2.45) is 13.0 Å². The van der Waals surface area contributed by atoms with Crippen LogP contribution in [-0.2, 0) is 16.6 Å². The van der Waals surface area contributed by atoms with Crippen LogP contribution in [0.2, 0.25) is 0 Å². The molecule has 2 saturated heterocycles. The Bertz CT molecular complexity index is 2330. The SMILES string of the molecule is CN(C[C@H]1CC[C@H](n2cc(NC(=O)c3cnn4cccnc34)c(C(F)F)n2)CC1)C1CCN(c2ccc(F)c3c2n(C)c(=O)n3C2CCC(=O)NC2=O)CC1. The van der Waals surface area contributed by atoms with Crippen molar-refractivity contribution in [3.05, 3.63) is 70.5 Å². The van der Waals surface area contributed by atoms with Crippen LogP contribution in [0.1, 0.15) is 85.9 Å². The van der Waals surface area contributed by atoms with Gasteiger partial charge in [0.25, 0.3) is 12.3 Å². The molecule has 6 heterocycles. The third-order valence-corrected chi connectivity index (χ3v) is 11.6. The Morgan fingerprint density at radius 2 is 1.82 bits per heavy atom. The number of rotatable bonds is 9. The summed E-state index contributed by atoms with van der Waals surface area (Å²) in [4.78, 5) is 59.6. The van der Waals surface area contributed by atoms with Gasteiger partial charge in [0.05, 0.1) is 29.1 Å². The lowest BCUT2D eigenvalue weighted by Crippen LogP contribution is -2.45. The molecule has 55 heavy (non-hydrogen) atoms. The Hall–Kier alpha value is -5.52. The van der Waals surface area contributed by atoms with E-state index in [1.807, 2.05) is 0 Å². The van der Waals surface area contributed by atoms with Crippen molar-refractivity contribution in [2.45, 2.75) is 75.9 Å². The molecule has 0 bridgehead atoms. The maximum Gasteiger partial charge on any atom is 0.329 e. The molecule has 3 fully saturated rings. The molecule has 0 radical (unpaired) electrons. The minimum absolute atomic E-state index is 0.0287. The summed E-state index contributed by atoms with van der Waals surface area (Å²) in [6.07, 6.45) is 8.41. The number of imidazole rings is 1. The summed E-state index contributed by atoms with van der Waals surface area (Å²) in [5.74, 6) is -1.78. The van der Waals surface area contributed by atoms with Gasteiger partial charge in [-0.25, -0.2) is 27.5 Å². The van der Waals surface area contributed by atoms with Gasteiger partial charge in [0.1, 0.15) is 22.9 Å². The highest BCUT2D eigenvalue weighted by Crippen LogP contribution is 2.37. The second-order valence-corrected chi connectivity index (χ2v) is 14.9. The lowest BCUT2D eigenvalue weighted by molar-refractivity contribution is -0.135. The quantitative estimate of drug-likeness (QED) is 0.210. The molecule has 1 aliphatic carbocycles. The van der Waals surface area contributed by atoms with Gasteiger partial charge in [0.15, 0.2) is 11.3 Å². The summed E-state index contributed by atoms with van der Waals surface area (Å²) < 4.78 is 49.1. The summed E-state index contributed by atoms with van der Waals surface area (Å²) in [5.41, 5.74) is 0.705. The number of hydrogen-bond acceptors (Lipinski definition) is 9. The monoisotopic (exact) mass is 761 g/mol. The fourth-order valence-electron chi connectivity index (χ4n) is 8.65. The molecule has 1 saturated carbocycles. The number of aromatic nitrogens is 7. The average Bonchev–Trinajstić information content (AvgIpc) is 3.87. The van der Waals surface area contributed by atoms with Crippen LogP contribution < -0.4 is 21.2 Å². The fraction of sp³-hybridized carbons (Fsp3) is 0.486. The molecule has 4 aromatic heterocycles. The number of imide groups is 1. The number of fused-ring (bicyclic) bond motifs is 2. The summed E-state index contributed by atoms with van der Waals surface area (Å²) in [6.45, 7) is 2.27. The Morgan fingerprint density at radius 3 is 2.55 bits per heavy atom. The molecule has 2 N–H and O–H groups in total. The van der Waals surface area contributed by atoms with Gasteiger partial charge in [-0.3, -0.25) is 33.5 Å². The molecule has 5 aromatic rings. The molecule has 2 aliphatic heterocycles. The van der Waals surface area contributed by atoms with Crippen molar-refractivity contribution in [3.63, 3.8) is 0 Å². The summed E-state index contributed by atoms with van der Waals surface area (Å²) in [7, 11) is 3.71. The number of piperidine rings is 2. The Labute approximate surface area is 313 Å². The summed E-state index contributed by atoms with van der Waals surface area (Å²) in [5, 5.41) is 13.2. The van der Waals surface area contributed by atoms with Crippen molar-refractivity contribution in [1.82, 2.24) is 43.7 Å². The highest BCUT2D eigenvalue weighted by molar-refractivity contribution is 6.08. The standard InChI is InChI=1S/C37H42F3N11O4/c1-46(22-12-16-48(17-13-22)27-9-8-25(38)31-32(27)47(2)37(55)51(31)28-10-11-29(52)44-36(28)54)19-21-4-6-23(7-5-21)50-20-26(30(45-50)33(39)40)43-35(53)24-18-42-49-15-3-14-41-34(24)49/h3,8-9,14-15,18,20-23,28,33H,4-7,10-13,16-17,19H2,1-2H3,(H,43,53)(H,44,52,54)/t21-,23-,28?. The number of hydrogen-bond donors (Lipinski definition) is 2. The zero-order chi connectivity index (χ0) is 38.5. The molecule has 290 valence electrons. The first kappa shape index (κ1) is 36.5. The van der Waals surface area contributed by atoms with Crippen LogP contribution in [0.5, 0.6) is 0 Å². The lowest BCUT2D eigenvalue weighted by atomic mass is 9.85. The normalized spacial score (nSPS) is 21.3. The molecule has 1 atom stereocenters. The number of amides is 3. The molecule has 1 aromatic carbocycles. The maximum absolute atomic E-state index is 15.4. The van der Waals surface area contributed by atoms with E-state index in [2.05, 4.69) is 42.7 Å². The van der Waals surface area contributed by atoms with Crippen molar-refractivity contribution >= 4 is 45.8 Å². The number of halogens is 3. The predicted molar refractivity (Wildman–Crippen MR) is 196 cm³/mol. The first-order chi connectivity index (χ1) is 26.5. The van der Waals surface area contributed by atoms with E-state index in [1.165, 1.54) is 38.3 Å². The number of carbonyl (C=O) groups excluding carboxylic acids is 3. The third kappa shape index (κ3) is 6.76. The van der Waals surface area contributed by atoms with Gasteiger partial charge < -0.3 is 15.1 Å². The molecule has 0 spiro atoms. The van der Waals surface area contributed by atoms with Gasteiger partial charge in [-0.2, -0.15) is 10.2 Å². The second kappa shape index (κ2) is 14.6. The van der Waals surface area contributed by atoms with Crippen LogP contribution in [0.15, 0.2) is 47.8 Å². The Morgan fingerprint density at radius 1 is 1.05 bits per heavy atom. The van der Waals surface area contributed by atoms with Gasteiger partial charge in [-0.05, 0) is 76.1 Å². The minimum atomic E-state index is -2.87. The number of aryl methyl sites for hydroxylation is 1. The molecular formula is C37H42F3N11O4. The number of nitrogens with zero attached hydrogens (tertiary/aromatic N) is 9. The Kier molecular flexibility index (Phi) is 9.69. The van der Waals surface area contributed by atoms with Gasteiger partial charge in [-0.1, -0.05) is 0 Å². The highest BCUT2D eigenvalue weighted by atomic mass is 19.3. The van der Waals surface area contributed by atoms with Gasteiger partial charge >= 0.3 is 5.69 Å². The lowest BCUT2D eigenvalue weighted by Gasteiger charge is -2.40. The van der Waals surface area contributed by atoms with E-state index in [0.717, 1.165) is 50.8 Å². The van der Waals surface area contributed by atoms with E-state index in [9.17, 15) is 28.0 Å². The van der Waals surface area contributed by atoms with Gasteiger partial charge in [0, 0.05) is 57.7 Å². The number of anilines is 2. The fourth-order valence-corrected chi connectivity index (χ4v) is 8.65. The number of nitrogens with one attached hydrogen (secondary N) is 2. The first-order valence-corrected chi connectivity index (χ1v) is 18.6. The summed E-state index contributed by atoms with van der Waals surface area (Å²) in [6, 6.07) is 3.97. The van der Waals surface area contributed by atoms with Crippen LogP contribution in [0.25, 0.3) is 16.7 Å². The average molecular weight is 762 g/mol. The number of alkyl halides is 2. The van der Waals surface area contributed by atoms with Crippen molar-refractivity contribution in [2.75, 3.05) is 36.9 Å². The van der Waals surface area contributed by atoms with E-state index in [-0.39, 0.29) is 35.7 Å². The number of carbonyl (C=O) groups is 3. The van der Waals surface area contributed by atoms with Gasteiger partial charge in [-0.15, -0.1) is 0 Å². The molecule has 3 aliphatic rings. The summed E-state index contributed by atoms with van der Waals surface area (Å²) >= 11 is 0. The van der Waals surface area contributed by atoms with Gasteiger partial charge in [0.2, 0.25) is 11.8 Å².